The highest BCUT2D eigenvalue weighted by Crippen LogP contribution is 2.26. The van der Waals surface area contributed by atoms with Crippen LogP contribution in [0.3, 0.4) is 0 Å². The molecule has 3 heteroatoms. The summed E-state index contributed by atoms with van der Waals surface area (Å²) in [5.41, 5.74) is 2.94. The first-order chi connectivity index (χ1) is 9.60. The van der Waals surface area contributed by atoms with E-state index in [4.69, 9.17) is 16.3 Å². The fraction of sp³-hybridized carbons (Fsp3) is 0.235. The highest BCUT2D eigenvalue weighted by molar-refractivity contribution is 6.32. The summed E-state index contributed by atoms with van der Waals surface area (Å²) in [7, 11) is 0. The average Bonchev–Trinajstić information content (AvgIpc) is 2.46. The molecule has 0 radical (unpaired) electrons. The molecular weight excluding hydrogens is 272 g/mol. The van der Waals surface area contributed by atoms with E-state index in [1.165, 1.54) is 5.56 Å². The Hall–Kier alpha value is -1.80. The van der Waals surface area contributed by atoms with Gasteiger partial charge in [0, 0.05) is 5.56 Å². The minimum absolute atomic E-state index is 0.452. The van der Waals surface area contributed by atoms with E-state index in [2.05, 4.69) is 38.1 Å². The first-order valence-electron chi connectivity index (χ1n) is 6.56. The molecular formula is C17H17ClO2. The average molecular weight is 289 g/mol. The zero-order valence-corrected chi connectivity index (χ0v) is 12.4. The molecule has 0 amide bonds. The molecule has 0 N–H and O–H groups in total. The summed E-state index contributed by atoms with van der Waals surface area (Å²) in [6, 6.07) is 13.4. The van der Waals surface area contributed by atoms with Crippen LogP contribution in [0.25, 0.3) is 0 Å². The molecule has 0 unspecified atom stereocenters. The van der Waals surface area contributed by atoms with Gasteiger partial charge in [-0.25, -0.2) is 0 Å². The van der Waals surface area contributed by atoms with E-state index in [0.717, 1.165) is 11.8 Å². The molecule has 0 spiro atoms. The number of hydrogen-bond donors (Lipinski definition) is 0. The van der Waals surface area contributed by atoms with Gasteiger partial charge in [0.25, 0.3) is 0 Å². The molecule has 0 saturated carbocycles. The molecule has 20 heavy (non-hydrogen) atoms. The zero-order chi connectivity index (χ0) is 14.5. The van der Waals surface area contributed by atoms with Crippen LogP contribution >= 0.6 is 11.6 Å². The summed E-state index contributed by atoms with van der Waals surface area (Å²) in [6.45, 7) is 4.79. The normalized spacial score (nSPS) is 10.6. The summed E-state index contributed by atoms with van der Waals surface area (Å²) in [6.07, 6.45) is 0.764. The minimum atomic E-state index is 0.452. The van der Waals surface area contributed by atoms with Crippen LogP contribution in [0.15, 0.2) is 42.5 Å². The molecule has 2 aromatic rings. The molecule has 0 atom stereocenters. The largest absolute Gasteiger partial charge is 0.487 e. The van der Waals surface area contributed by atoms with E-state index >= 15 is 0 Å². The summed E-state index contributed by atoms with van der Waals surface area (Å²) in [5, 5.41) is 0.452. The lowest BCUT2D eigenvalue weighted by molar-refractivity contribution is 0.112. The van der Waals surface area contributed by atoms with E-state index in [1.54, 1.807) is 18.2 Å². The first-order valence-corrected chi connectivity index (χ1v) is 6.94. The number of carbonyl (C=O) groups is 1. The van der Waals surface area contributed by atoms with Gasteiger partial charge in [0.15, 0.2) is 0 Å². The highest BCUT2D eigenvalue weighted by Gasteiger charge is 2.04. The number of hydrogen-bond acceptors (Lipinski definition) is 2. The van der Waals surface area contributed by atoms with E-state index in [-0.39, 0.29) is 0 Å². The van der Waals surface area contributed by atoms with Gasteiger partial charge in [0.2, 0.25) is 0 Å². The Balaban J connectivity index is 2.03. The van der Waals surface area contributed by atoms with Gasteiger partial charge in [-0.1, -0.05) is 49.7 Å². The lowest BCUT2D eigenvalue weighted by atomic mass is 10.0. The number of aldehydes is 1. The van der Waals surface area contributed by atoms with Crippen molar-refractivity contribution < 1.29 is 9.53 Å². The topological polar surface area (TPSA) is 26.3 Å². The predicted molar refractivity (Wildman–Crippen MR) is 81.7 cm³/mol. The van der Waals surface area contributed by atoms with Gasteiger partial charge in [0.1, 0.15) is 18.6 Å². The predicted octanol–water partition coefficient (Wildman–Crippen LogP) is 4.85. The molecule has 2 nitrogen and oxygen atoms in total. The van der Waals surface area contributed by atoms with Gasteiger partial charge < -0.3 is 4.74 Å². The molecule has 2 rings (SSSR count). The number of benzene rings is 2. The summed E-state index contributed by atoms with van der Waals surface area (Å²) in [5.74, 6) is 1.11. The van der Waals surface area contributed by atoms with Crippen LogP contribution in [0.1, 0.15) is 41.3 Å². The van der Waals surface area contributed by atoms with Gasteiger partial charge in [-0.3, -0.25) is 4.79 Å². The van der Waals surface area contributed by atoms with Gasteiger partial charge in [-0.15, -0.1) is 0 Å². The van der Waals surface area contributed by atoms with Crippen molar-refractivity contribution in [2.24, 2.45) is 0 Å². The standard InChI is InChI=1S/C17H17ClO2/c1-12(2)15-6-3-13(4-7-15)11-20-17-8-5-14(10-19)9-16(17)18/h3-10,12H,11H2,1-2H3. The molecule has 104 valence electrons. The lowest BCUT2D eigenvalue weighted by Crippen LogP contribution is -1.97. The van der Waals surface area contributed by atoms with Crippen LogP contribution in [-0.2, 0) is 6.61 Å². The third-order valence-corrected chi connectivity index (χ3v) is 3.43. The Kier molecular flexibility index (Phi) is 4.80. The van der Waals surface area contributed by atoms with Gasteiger partial charge in [0.05, 0.1) is 5.02 Å². The third kappa shape index (κ3) is 3.61. The number of carbonyl (C=O) groups excluding carboxylic acids is 1. The Bertz CT molecular complexity index is 588. The smallest absolute Gasteiger partial charge is 0.150 e. The fourth-order valence-electron chi connectivity index (χ4n) is 1.87. The van der Waals surface area contributed by atoms with Crippen LogP contribution in [0, 0.1) is 0 Å². The Labute approximate surface area is 124 Å². The second-order valence-corrected chi connectivity index (χ2v) is 5.40. The highest BCUT2D eigenvalue weighted by atomic mass is 35.5. The monoisotopic (exact) mass is 288 g/mol. The van der Waals surface area contributed by atoms with E-state index in [1.807, 2.05) is 0 Å². The maximum Gasteiger partial charge on any atom is 0.150 e. The van der Waals surface area contributed by atoms with Crippen LogP contribution in [0.4, 0.5) is 0 Å². The molecule has 0 aliphatic rings. The summed E-state index contributed by atoms with van der Waals surface area (Å²) in [4.78, 5) is 10.6. The van der Waals surface area contributed by atoms with E-state index < -0.39 is 0 Å². The fourth-order valence-corrected chi connectivity index (χ4v) is 2.11. The third-order valence-electron chi connectivity index (χ3n) is 3.13. The number of halogens is 1. The molecule has 2 aromatic carbocycles. The molecule has 0 heterocycles. The maximum absolute atomic E-state index is 10.6. The van der Waals surface area contributed by atoms with Gasteiger partial charge >= 0.3 is 0 Å². The van der Waals surface area contributed by atoms with Crippen molar-refractivity contribution in [3.63, 3.8) is 0 Å². The molecule has 0 bridgehead atoms. The van der Waals surface area contributed by atoms with Crippen LogP contribution in [-0.4, -0.2) is 6.29 Å². The van der Waals surface area contributed by atoms with Crippen LogP contribution in [0.5, 0.6) is 5.75 Å². The van der Waals surface area contributed by atoms with Crippen molar-refractivity contribution in [3.8, 4) is 5.75 Å². The molecule has 0 aliphatic carbocycles. The molecule has 0 aromatic heterocycles. The Morgan fingerprint density at radius 2 is 1.85 bits per heavy atom. The van der Waals surface area contributed by atoms with Crippen molar-refractivity contribution in [1.82, 2.24) is 0 Å². The van der Waals surface area contributed by atoms with Crippen LogP contribution < -0.4 is 4.74 Å². The quantitative estimate of drug-likeness (QED) is 0.735. The SMILES string of the molecule is CC(C)c1ccc(COc2ccc(C=O)cc2Cl)cc1. The van der Waals surface area contributed by atoms with Gasteiger partial charge in [-0.2, -0.15) is 0 Å². The Morgan fingerprint density at radius 1 is 1.15 bits per heavy atom. The van der Waals surface area contributed by atoms with E-state index in [9.17, 15) is 4.79 Å². The molecule has 0 saturated heterocycles. The number of ether oxygens (including phenoxy) is 1. The first kappa shape index (κ1) is 14.6. The van der Waals surface area contributed by atoms with Crippen LogP contribution in [0.2, 0.25) is 5.02 Å². The van der Waals surface area contributed by atoms with Crippen molar-refractivity contribution in [3.05, 3.63) is 64.2 Å². The van der Waals surface area contributed by atoms with Crippen molar-refractivity contribution in [1.29, 1.82) is 0 Å². The van der Waals surface area contributed by atoms with E-state index in [0.29, 0.717) is 28.9 Å². The second kappa shape index (κ2) is 6.58. The molecule has 0 fully saturated rings. The summed E-state index contributed by atoms with van der Waals surface area (Å²) < 4.78 is 5.67. The van der Waals surface area contributed by atoms with Crippen molar-refractivity contribution in [2.75, 3.05) is 0 Å². The maximum atomic E-state index is 10.6. The Morgan fingerprint density at radius 3 is 2.40 bits per heavy atom. The van der Waals surface area contributed by atoms with Gasteiger partial charge in [-0.05, 0) is 35.2 Å². The zero-order valence-electron chi connectivity index (χ0n) is 11.6. The number of rotatable bonds is 5. The summed E-state index contributed by atoms with van der Waals surface area (Å²) >= 11 is 6.06. The minimum Gasteiger partial charge on any atom is -0.487 e. The molecule has 0 aliphatic heterocycles. The van der Waals surface area contributed by atoms with Crippen molar-refractivity contribution in [2.45, 2.75) is 26.4 Å². The second-order valence-electron chi connectivity index (χ2n) is 4.99. The lowest BCUT2D eigenvalue weighted by Gasteiger charge is -2.10. The van der Waals surface area contributed by atoms with Crippen molar-refractivity contribution >= 4 is 17.9 Å².